The Hall–Kier alpha value is -2.83. The van der Waals surface area contributed by atoms with E-state index in [9.17, 15) is 27.9 Å². The fourth-order valence-electron chi connectivity index (χ4n) is 1.96. The molecule has 4 nitrogen and oxygen atoms in total. The lowest BCUT2D eigenvalue weighted by atomic mass is 10.1. The van der Waals surface area contributed by atoms with Crippen LogP contribution in [0, 0.1) is 0 Å². The fraction of sp³-hybridized carbons (Fsp3) is 0.125. The lowest BCUT2D eigenvalue weighted by Gasteiger charge is -2.15. The van der Waals surface area contributed by atoms with Crippen molar-refractivity contribution in [3.8, 4) is 0 Å². The number of amides is 1. The highest BCUT2D eigenvalue weighted by molar-refractivity contribution is 5.96. The van der Waals surface area contributed by atoms with E-state index in [0.717, 1.165) is 24.3 Å². The Labute approximate surface area is 129 Å². The van der Waals surface area contributed by atoms with E-state index < -0.39 is 29.7 Å². The van der Waals surface area contributed by atoms with Gasteiger partial charge in [-0.05, 0) is 29.8 Å². The summed E-state index contributed by atoms with van der Waals surface area (Å²) in [4.78, 5) is 23.3. The molecule has 1 amide bonds. The van der Waals surface area contributed by atoms with Crippen molar-refractivity contribution >= 4 is 11.9 Å². The molecule has 0 heterocycles. The SMILES string of the molecule is O=C(N[C@H](C(=O)O)c1ccccc1)c1ccc(C(F)(F)F)cc1. The van der Waals surface area contributed by atoms with Crippen LogP contribution in [0.3, 0.4) is 0 Å². The predicted octanol–water partition coefficient (Wildman–Crippen LogP) is 3.26. The summed E-state index contributed by atoms with van der Waals surface area (Å²) in [6.45, 7) is 0. The topological polar surface area (TPSA) is 66.4 Å². The van der Waals surface area contributed by atoms with Crippen LogP contribution in [0.2, 0.25) is 0 Å². The van der Waals surface area contributed by atoms with Gasteiger partial charge >= 0.3 is 12.1 Å². The Morgan fingerprint density at radius 3 is 2.00 bits per heavy atom. The Morgan fingerprint density at radius 2 is 1.52 bits per heavy atom. The predicted molar refractivity (Wildman–Crippen MR) is 75.7 cm³/mol. The van der Waals surface area contributed by atoms with E-state index in [1.54, 1.807) is 18.2 Å². The van der Waals surface area contributed by atoms with Gasteiger partial charge in [-0.1, -0.05) is 30.3 Å². The fourth-order valence-corrected chi connectivity index (χ4v) is 1.96. The average Bonchev–Trinajstić information content (AvgIpc) is 2.52. The maximum atomic E-state index is 12.5. The molecule has 2 N–H and O–H groups in total. The number of benzene rings is 2. The molecule has 120 valence electrons. The van der Waals surface area contributed by atoms with Gasteiger partial charge in [-0.25, -0.2) is 4.79 Å². The van der Waals surface area contributed by atoms with Crippen LogP contribution in [0.1, 0.15) is 27.5 Å². The summed E-state index contributed by atoms with van der Waals surface area (Å²) < 4.78 is 37.4. The van der Waals surface area contributed by atoms with E-state index in [4.69, 9.17) is 0 Å². The van der Waals surface area contributed by atoms with E-state index in [-0.39, 0.29) is 5.56 Å². The van der Waals surface area contributed by atoms with E-state index >= 15 is 0 Å². The van der Waals surface area contributed by atoms with Crippen LogP contribution in [0.15, 0.2) is 54.6 Å². The summed E-state index contributed by atoms with van der Waals surface area (Å²) in [5.41, 5.74) is -0.577. The third-order valence-corrected chi connectivity index (χ3v) is 3.13. The summed E-state index contributed by atoms with van der Waals surface area (Å²) in [6.07, 6.45) is -4.50. The molecule has 0 saturated carbocycles. The number of carboxylic acid groups (broad SMARTS) is 1. The number of halogens is 3. The molecule has 0 unspecified atom stereocenters. The van der Waals surface area contributed by atoms with Crippen molar-refractivity contribution in [2.24, 2.45) is 0 Å². The van der Waals surface area contributed by atoms with Gasteiger partial charge in [0.2, 0.25) is 0 Å². The van der Waals surface area contributed by atoms with E-state index in [0.29, 0.717) is 5.56 Å². The summed E-state index contributed by atoms with van der Waals surface area (Å²) in [7, 11) is 0. The maximum Gasteiger partial charge on any atom is 0.416 e. The van der Waals surface area contributed by atoms with Crippen LogP contribution in [0.4, 0.5) is 13.2 Å². The van der Waals surface area contributed by atoms with Crippen molar-refractivity contribution < 1.29 is 27.9 Å². The molecule has 0 aliphatic carbocycles. The number of aliphatic carboxylic acids is 1. The summed E-state index contributed by atoms with van der Waals surface area (Å²) in [6, 6.07) is 10.3. The molecule has 1 atom stereocenters. The summed E-state index contributed by atoms with van der Waals surface area (Å²) in [5, 5.41) is 11.5. The van der Waals surface area contributed by atoms with Crippen molar-refractivity contribution in [1.29, 1.82) is 0 Å². The van der Waals surface area contributed by atoms with Gasteiger partial charge in [0.25, 0.3) is 5.91 Å². The Balaban J connectivity index is 2.18. The van der Waals surface area contributed by atoms with Crippen molar-refractivity contribution in [2.75, 3.05) is 0 Å². The van der Waals surface area contributed by atoms with Crippen LogP contribution < -0.4 is 5.32 Å². The maximum absolute atomic E-state index is 12.5. The molecule has 2 aromatic carbocycles. The molecule has 0 saturated heterocycles. The zero-order valence-electron chi connectivity index (χ0n) is 11.7. The van der Waals surface area contributed by atoms with Gasteiger partial charge in [0.15, 0.2) is 6.04 Å². The number of hydrogen-bond acceptors (Lipinski definition) is 2. The highest BCUT2D eigenvalue weighted by atomic mass is 19.4. The number of rotatable bonds is 4. The Morgan fingerprint density at radius 1 is 0.957 bits per heavy atom. The minimum absolute atomic E-state index is 0.0554. The number of nitrogens with one attached hydrogen (secondary N) is 1. The summed E-state index contributed by atoms with van der Waals surface area (Å²) >= 11 is 0. The molecule has 23 heavy (non-hydrogen) atoms. The zero-order valence-corrected chi connectivity index (χ0v) is 11.7. The average molecular weight is 323 g/mol. The molecule has 0 fully saturated rings. The molecule has 0 aliphatic rings. The molecule has 2 aromatic rings. The number of carbonyl (C=O) groups is 2. The van der Waals surface area contributed by atoms with Gasteiger partial charge in [0, 0.05) is 5.56 Å². The number of carbonyl (C=O) groups excluding carboxylic acids is 1. The van der Waals surface area contributed by atoms with E-state index in [2.05, 4.69) is 5.32 Å². The van der Waals surface area contributed by atoms with E-state index in [1.165, 1.54) is 12.1 Å². The number of alkyl halides is 3. The third kappa shape index (κ3) is 4.09. The zero-order chi connectivity index (χ0) is 17.0. The van der Waals surface area contributed by atoms with Gasteiger partial charge in [-0.3, -0.25) is 4.79 Å². The molecule has 0 spiro atoms. The van der Waals surface area contributed by atoms with Gasteiger partial charge in [-0.2, -0.15) is 13.2 Å². The quantitative estimate of drug-likeness (QED) is 0.907. The highest BCUT2D eigenvalue weighted by Gasteiger charge is 2.30. The first-order valence-electron chi connectivity index (χ1n) is 6.55. The van der Waals surface area contributed by atoms with E-state index in [1.807, 2.05) is 0 Å². The minimum atomic E-state index is -4.50. The van der Waals surface area contributed by atoms with Crippen LogP contribution in [0.5, 0.6) is 0 Å². The molecule has 0 radical (unpaired) electrons. The molecule has 2 rings (SSSR count). The number of hydrogen-bond donors (Lipinski definition) is 2. The van der Waals surface area contributed by atoms with Crippen LogP contribution >= 0.6 is 0 Å². The first kappa shape index (κ1) is 16.5. The number of carboxylic acids is 1. The molecule has 0 aliphatic heterocycles. The molecular weight excluding hydrogens is 311 g/mol. The van der Waals surface area contributed by atoms with Crippen molar-refractivity contribution in [3.05, 3.63) is 71.3 Å². The molecule has 7 heteroatoms. The van der Waals surface area contributed by atoms with Crippen LogP contribution in [0.25, 0.3) is 0 Å². The molecule has 0 aromatic heterocycles. The molecule has 0 bridgehead atoms. The van der Waals surface area contributed by atoms with Crippen molar-refractivity contribution in [1.82, 2.24) is 5.32 Å². The highest BCUT2D eigenvalue weighted by Crippen LogP contribution is 2.29. The largest absolute Gasteiger partial charge is 0.479 e. The third-order valence-electron chi connectivity index (χ3n) is 3.13. The second-order valence-corrected chi connectivity index (χ2v) is 4.73. The lowest BCUT2D eigenvalue weighted by molar-refractivity contribution is -0.139. The Bertz CT molecular complexity index is 697. The first-order valence-corrected chi connectivity index (χ1v) is 6.55. The molecular formula is C16H12F3NO3. The van der Waals surface area contributed by atoms with Crippen LogP contribution in [-0.2, 0) is 11.0 Å². The van der Waals surface area contributed by atoms with Crippen molar-refractivity contribution in [2.45, 2.75) is 12.2 Å². The monoisotopic (exact) mass is 323 g/mol. The lowest BCUT2D eigenvalue weighted by Crippen LogP contribution is -2.33. The second kappa shape index (κ2) is 6.51. The normalized spacial score (nSPS) is 12.5. The van der Waals surface area contributed by atoms with Gasteiger partial charge in [-0.15, -0.1) is 0 Å². The van der Waals surface area contributed by atoms with Gasteiger partial charge < -0.3 is 10.4 Å². The minimum Gasteiger partial charge on any atom is -0.479 e. The smallest absolute Gasteiger partial charge is 0.416 e. The van der Waals surface area contributed by atoms with Crippen molar-refractivity contribution in [3.63, 3.8) is 0 Å². The summed E-state index contributed by atoms with van der Waals surface area (Å²) in [5.74, 6) is -2.04. The van der Waals surface area contributed by atoms with Gasteiger partial charge in [0.1, 0.15) is 0 Å². The first-order chi connectivity index (χ1) is 10.8. The second-order valence-electron chi connectivity index (χ2n) is 4.73. The standard InChI is InChI=1S/C16H12F3NO3/c17-16(18,19)12-8-6-11(7-9-12)14(21)20-13(15(22)23)10-4-2-1-3-5-10/h1-9,13H,(H,20,21)(H,22,23)/t13-/m0/s1. The van der Waals surface area contributed by atoms with Crippen LogP contribution in [-0.4, -0.2) is 17.0 Å². The Kier molecular flexibility index (Phi) is 4.68. The van der Waals surface area contributed by atoms with Gasteiger partial charge in [0.05, 0.1) is 5.56 Å².